The lowest BCUT2D eigenvalue weighted by Crippen LogP contribution is -2.46. The molecule has 1 aromatic rings. The lowest BCUT2D eigenvalue weighted by atomic mass is 10.1. The summed E-state index contributed by atoms with van der Waals surface area (Å²) in [5.74, 6) is -7.70. The van der Waals surface area contributed by atoms with Crippen LogP contribution in [0.5, 0.6) is 0 Å². The van der Waals surface area contributed by atoms with Gasteiger partial charge in [0.2, 0.25) is 0 Å². The average molecular weight is 313 g/mol. The summed E-state index contributed by atoms with van der Waals surface area (Å²) in [6, 6.07) is 1.92. The first kappa shape index (κ1) is 16.4. The predicted molar refractivity (Wildman–Crippen MR) is 62.8 cm³/mol. The summed E-state index contributed by atoms with van der Waals surface area (Å²) in [7, 11) is 1.09. The number of thiophene rings is 1. The molecule has 20 heavy (non-hydrogen) atoms. The summed E-state index contributed by atoms with van der Waals surface area (Å²) in [6.45, 7) is 0. The predicted octanol–water partition coefficient (Wildman–Crippen LogP) is 2.37. The number of halogens is 4. The monoisotopic (exact) mass is 313 g/mol. The third-order valence-electron chi connectivity index (χ3n) is 2.37. The third-order valence-corrected chi connectivity index (χ3v) is 3.35. The van der Waals surface area contributed by atoms with E-state index in [1.54, 1.807) is 16.8 Å². The molecule has 0 fully saturated rings. The number of methoxy groups -OCH3 is 1. The lowest BCUT2D eigenvalue weighted by molar-refractivity contribution is -0.170. The van der Waals surface area contributed by atoms with Crippen LogP contribution in [-0.4, -0.2) is 31.3 Å². The SMILES string of the molecule is COC(=O)CC(NC(=O)C(F)(F)C(F)F)c1cccs1. The van der Waals surface area contributed by atoms with Gasteiger partial charge >= 0.3 is 18.3 Å². The summed E-state index contributed by atoms with van der Waals surface area (Å²) < 4.78 is 54.3. The normalized spacial score (nSPS) is 13.1. The smallest absolute Gasteiger partial charge is 0.383 e. The molecule has 0 saturated heterocycles. The fraction of sp³-hybridized carbons (Fsp3) is 0.455. The second-order valence-electron chi connectivity index (χ2n) is 3.75. The van der Waals surface area contributed by atoms with E-state index in [-0.39, 0.29) is 0 Å². The Morgan fingerprint density at radius 1 is 1.45 bits per heavy atom. The minimum absolute atomic E-state index is 0.383. The van der Waals surface area contributed by atoms with Gasteiger partial charge in [-0.1, -0.05) is 6.07 Å². The largest absolute Gasteiger partial charge is 0.469 e. The first-order valence-electron chi connectivity index (χ1n) is 5.36. The molecule has 1 unspecified atom stereocenters. The van der Waals surface area contributed by atoms with Crippen LogP contribution in [-0.2, 0) is 14.3 Å². The summed E-state index contributed by atoms with van der Waals surface area (Å²) >= 11 is 1.09. The number of ether oxygens (including phenoxy) is 1. The maximum atomic E-state index is 12.9. The van der Waals surface area contributed by atoms with Gasteiger partial charge in [0, 0.05) is 4.88 Å². The van der Waals surface area contributed by atoms with Crippen molar-refractivity contribution in [1.29, 1.82) is 0 Å². The second kappa shape index (κ2) is 6.69. The van der Waals surface area contributed by atoms with Gasteiger partial charge in [-0.05, 0) is 11.4 Å². The molecule has 0 aliphatic rings. The summed E-state index contributed by atoms with van der Waals surface area (Å²) in [5.41, 5.74) is 0. The zero-order chi connectivity index (χ0) is 15.3. The van der Waals surface area contributed by atoms with E-state index in [9.17, 15) is 27.2 Å². The Morgan fingerprint density at radius 3 is 2.55 bits per heavy atom. The number of carbonyl (C=O) groups excluding carboxylic acids is 2. The molecule has 112 valence electrons. The molecule has 1 amide bonds. The molecule has 0 aliphatic carbocycles. The van der Waals surface area contributed by atoms with Crippen LogP contribution in [0.15, 0.2) is 17.5 Å². The highest BCUT2D eigenvalue weighted by Crippen LogP contribution is 2.27. The van der Waals surface area contributed by atoms with Crippen molar-refractivity contribution in [3.05, 3.63) is 22.4 Å². The molecule has 0 saturated carbocycles. The molecule has 1 aromatic heterocycles. The van der Waals surface area contributed by atoms with Crippen LogP contribution < -0.4 is 5.32 Å². The standard InChI is InChI=1S/C11H11F4NO3S/c1-19-8(17)5-6(7-3-2-4-20-7)16-10(18)11(14,15)9(12)13/h2-4,6,9H,5H2,1H3,(H,16,18). The molecule has 4 nitrogen and oxygen atoms in total. The van der Waals surface area contributed by atoms with E-state index in [0.29, 0.717) is 4.88 Å². The van der Waals surface area contributed by atoms with Gasteiger partial charge in [-0.15, -0.1) is 11.3 Å². The maximum Gasteiger partial charge on any atom is 0.383 e. The molecule has 9 heteroatoms. The Kier molecular flexibility index (Phi) is 5.49. The molecule has 0 bridgehead atoms. The first-order valence-corrected chi connectivity index (χ1v) is 6.24. The number of nitrogens with one attached hydrogen (secondary N) is 1. The summed E-state index contributed by atoms with van der Waals surface area (Å²) in [5, 5.41) is 3.34. The van der Waals surface area contributed by atoms with Gasteiger partial charge in [0.25, 0.3) is 5.91 Å². The van der Waals surface area contributed by atoms with E-state index in [1.165, 1.54) is 6.07 Å². The maximum absolute atomic E-state index is 12.9. The van der Waals surface area contributed by atoms with E-state index in [0.717, 1.165) is 18.4 Å². The average Bonchev–Trinajstić information content (AvgIpc) is 2.91. The van der Waals surface area contributed by atoms with Crippen LogP contribution in [0.2, 0.25) is 0 Å². The molecule has 1 atom stereocenters. The molecule has 1 N–H and O–H groups in total. The highest BCUT2D eigenvalue weighted by atomic mass is 32.1. The Balaban J connectivity index is 2.85. The van der Waals surface area contributed by atoms with Gasteiger partial charge in [0.05, 0.1) is 19.6 Å². The van der Waals surface area contributed by atoms with Gasteiger partial charge in [-0.3, -0.25) is 9.59 Å². The number of amides is 1. The molecular formula is C11H11F4NO3S. The number of rotatable bonds is 6. The Labute approximate surface area is 115 Å². The van der Waals surface area contributed by atoms with E-state index >= 15 is 0 Å². The van der Waals surface area contributed by atoms with E-state index in [4.69, 9.17) is 0 Å². The zero-order valence-corrected chi connectivity index (χ0v) is 11.1. The highest BCUT2D eigenvalue weighted by molar-refractivity contribution is 7.10. The van der Waals surface area contributed by atoms with Crippen molar-refractivity contribution in [2.24, 2.45) is 0 Å². The highest BCUT2D eigenvalue weighted by Gasteiger charge is 2.49. The van der Waals surface area contributed by atoms with E-state index < -0.39 is 36.7 Å². The lowest BCUT2D eigenvalue weighted by Gasteiger charge is -2.20. The van der Waals surface area contributed by atoms with E-state index in [2.05, 4.69) is 4.74 Å². The zero-order valence-electron chi connectivity index (χ0n) is 10.2. The van der Waals surface area contributed by atoms with Gasteiger partial charge in [0.15, 0.2) is 0 Å². The van der Waals surface area contributed by atoms with Gasteiger partial charge in [0.1, 0.15) is 0 Å². The number of alkyl halides is 4. The fourth-order valence-corrected chi connectivity index (χ4v) is 2.09. The fourth-order valence-electron chi connectivity index (χ4n) is 1.32. The van der Waals surface area contributed by atoms with Crippen molar-refractivity contribution in [1.82, 2.24) is 5.32 Å². The van der Waals surface area contributed by atoms with Crippen molar-refractivity contribution in [2.45, 2.75) is 24.8 Å². The quantitative estimate of drug-likeness (QED) is 0.648. The molecule has 0 aromatic carbocycles. The van der Waals surface area contributed by atoms with Crippen molar-refractivity contribution in [3.8, 4) is 0 Å². The molecule has 1 heterocycles. The molecular weight excluding hydrogens is 302 g/mol. The third kappa shape index (κ3) is 3.92. The summed E-state index contributed by atoms with van der Waals surface area (Å²) in [4.78, 5) is 22.8. The Morgan fingerprint density at radius 2 is 2.10 bits per heavy atom. The van der Waals surface area contributed by atoms with Crippen LogP contribution in [0.1, 0.15) is 17.3 Å². The van der Waals surface area contributed by atoms with Crippen molar-refractivity contribution in [3.63, 3.8) is 0 Å². The van der Waals surface area contributed by atoms with Crippen molar-refractivity contribution < 1.29 is 31.9 Å². The minimum atomic E-state index is -4.81. The molecule has 1 rings (SSSR count). The topological polar surface area (TPSA) is 55.4 Å². The Hall–Kier alpha value is -1.64. The number of esters is 1. The number of carbonyl (C=O) groups is 2. The van der Waals surface area contributed by atoms with Crippen molar-refractivity contribution >= 4 is 23.2 Å². The number of hydrogen-bond acceptors (Lipinski definition) is 4. The molecule has 0 aliphatic heterocycles. The minimum Gasteiger partial charge on any atom is -0.469 e. The van der Waals surface area contributed by atoms with Crippen LogP contribution >= 0.6 is 11.3 Å². The molecule has 0 radical (unpaired) electrons. The van der Waals surface area contributed by atoms with Gasteiger partial charge < -0.3 is 10.1 Å². The van der Waals surface area contributed by atoms with Crippen LogP contribution in [0.3, 0.4) is 0 Å². The van der Waals surface area contributed by atoms with Crippen LogP contribution in [0, 0.1) is 0 Å². The Bertz CT molecular complexity index is 464. The first-order chi connectivity index (χ1) is 9.28. The van der Waals surface area contributed by atoms with Crippen LogP contribution in [0.4, 0.5) is 17.6 Å². The summed E-state index contributed by atoms with van der Waals surface area (Å²) in [6.07, 6.45) is -4.55. The molecule has 0 spiro atoms. The van der Waals surface area contributed by atoms with E-state index in [1.807, 2.05) is 0 Å². The van der Waals surface area contributed by atoms with Gasteiger partial charge in [-0.25, -0.2) is 8.78 Å². The van der Waals surface area contributed by atoms with Crippen LogP contribution in [0.25, 0.3) is 0 Å². The van der Waals surface area contributed by atoms with Crippen molar-refractivity contribution in [2.75, 3.05) is 7.11 Å². The second-order valence-corrected chi connectivity index (χ2v) is 4.72. The van der Waals surface area contributed by atoms with Gasteiger partial charge in [-0.2, -0.15) is 8.78 Å². The number of hydrogen-bond donors (Lipinski definition) is 1.